The fourth-order valence-electron chi connectivity index (χ4n) is 5.99. The molecular weight excluding hydrogens is 486 g/mol. The molecular formula is C29H45N3O6. The molecule has 3 unspecified atom stereocenters. The van der Waals surface area contributed by atoms with Gasteiger partial charge in [-0.15, -0.1) is 0 Å². The summed E-state index contributed by atoms with van der Waals surface area (Å²) in [6.07, 6.45) is 8.09. The number of hydrogen-bond acceptors (Lipinski definition) is 6. The first-order valence-corrected chi connectivity index (χ1v) is 14.0. The summed E-state index contributed by atoms with van der Waals surface area (Å²) in [4.78, 5) is 41.7. The number of nitrogens with zero attached hydrogens (tertiary/aromatic N) is 1. The first-order chi connectivity index (χ1) is 18.3. The van der Waals surface area contributed by atoms with Gasteiger partial charge in [-0.05, 0) is 61.6 Å². The fraction of sp³-hybridized carbons (Fsp3) is 0.690. The second-order valence-corrected chi connectivity index (χ2v) is 10.7. The average Bonchev–Trinajstić information content (AvgIpc) is 2.95. The van der Waals surface area contributed by atoms with Crippen LogP contribution in [0.15, 0.2) is 12.1 Å². The SMILES string of the molecule is CC[C@H](C)C(NC(=O)C1CCCCN1C(=O)C(c1cc(OC)c(OC)c(OC)c1)C1CCCCC1)C(N)=O. The second kappa shape index (κ2) is 13.7. The Balaban J connectivity index is 1.99. The van der Waals surface area contributed by atoms with Gasteiger partial charge in [0, 0.05) is 6.54 Å². The Bertz CT molecular complexity index is 952. The number of rotatable bonds is 11. The quantitative estimate of drug-likeness (QED) is 0.449. The molecule has 1 aliphatic heterocycles. The number of carbonyl (C=O) groups excluding carboxylic acids is 3. The number of nitrogens with two attached hydrogens (primary N) is 1. The third-order valence-corrected chi connectivity index (χ3v) is 8.34. The summed E-state index contributed by atoms with van der Waals surface area (Å²) in [6, 6.07) is 2.32. The molecule has 1 aromatic rings. The van der Waals surface area contributed by atoms with Gasteiger partial charge >= 0.3 is 0 Å². The number of nitrogens with one attached hydrogen (secondary N) is 1. The van der Waals surface area contributed by atoms with E-state index in [9.17, 15) is 14.4 Å². The summed E-state index contributed by atoms with van der Waals surface area (Å²) in [6.45, 7) is 4.34. The normalized spacial score (nSPS) is 20.7. The van der Waals surface area contributed by atoms with Gasteiger partial charge in [0.05, 0.1) is 27.2 Å². The minimum Gasteiger partial charge on any atom is -0.493 e. The van der Waals surface area contributed by atoms with E-state index in [0.717, 1.165) is 50.5 Å². The van der Waals surface area contributed by atoms with E-state index in [1.165, 1.54) is 0 Å². The van der Waals surface area contributed by atoms with Crippen molar-refractivity contribution in [2.24, 2.45) is 17.6 Å². The zero-order valence-electron chi connectivity index (χ0n) is 23.6. The van der Waals surface area contributed by atoms with Crippen LogP contribution in [0.3, 0.4) is 0 Å². The lowest BCUT2D eigenvalue weighted by atomic mass is 9.75. The summed E-state index contributed by atoms with van der Waals surface area (Å²) >= 11 is 0. The lowest BCUT2D eigenvalue weighted by molar-refractivity contribution is -0.145. The number of likely N-dealkylation sites (tertiary alicyclic amines) is 1. The van der Waals surface area contributed by atoms with E-state index in [2.05, 4.69) is 5.32 Å². The molecule has 38 heavy (non-hydrogen) atoms. The van der Waals surface area contributed by atoms with Gasteiger partial charge in [-0.3, -0.25) is 14.4 Å². The van der Waals surface area contributed by atoms with Crippen molar-refractivity contribution in [1.29, 1.82) is 0 Å². The van der Waals surface area contributed by atoms with Gasteiger partial charge in [-0.1, -0.05) is 39.5 Å². The van der Waals surface area contributed by atoms with Crippen LogP contribution in [0.2, 0.25) is 0 Å². The molecule has 0 radical (unpaired) electrons. The third kappa shape index (κ3) is 6.53. The zero-order chi connectivity index (χ0) is 27.8. The molecule has 3 rings (SSSR count). The Morgan fingerprint density at radius 2 is 1.58 bits per heavy atom. The lowest BCUT2D eigenvalue weighted by Gasteiger charge is -2.40. The maximum Gasteiger partial charge on any atom is 0.243 e. The van der Waals surface area contributed by atoms with Crippen LogP contribution in [0.25, 0.3) is 0 Å². The number of carbonyl (C=O) groups is 3. The molecule has 1 heterocycles. The average molecular weight is 532 g/mol. The molecule has 9 heteroatoms. The number of primary amides is 1. The van der Waals surface area contributed by atoms with Crippen LogP contribution >= 0.6 is 0 Å². The molecule has 9 nitrogen and oxygen atoms in total. The Morgan fingerprint density at radius 1 is 0.974 bits per heavy atom. The smallest absolute Gasteiger partial charge is 0.243 e. The molecule has 1 saturated carbocycles. The molecule has 4 atom stereocenters. The van der Waals surface area contributed by atoms with E-state index in [1.54, 1.807) is 26.2 Å². The summed E-state index contributed by atoms with van der Waals surface area (Å²) in [5.41, 5.74) is 6.42. The second-order valence-electron chi connectivity index (χ2n) is 10.7. The van der Waals surface area contributed by atoms with Crippen molar-refractivity contribution in [3.63, 3.8) is 0 Å². The molecule has 1 aromatic carbocycles. The van der Waals surface area contributed by atoms with Crippen LogP contribution in [0.4, 0.5) is 0 Å². The number of amides is 3. The number of ether oxygens (including phenoxy) is 3. The van der Waals surface area contributed by atoms with E-state index < -0.39 is 23.9 Å². The van der Waals surface area contributed by atoms with Crippen LogP contribution in [-0.2, 0) is 14.4 Å². The predicted octanol–water partition coefficient (Wildman–Crippen LogP) is 3.77. The largest absolute Gasteiger partial charge is 0.493 e. The standard InChI is InChI=1S/C29H45N3O6/c1-6-18(2)25(27(30)33)31-28(34)21-14-10-11-15-32(21)29(35)24(19-12-8-7-9-13-19)20-16-22(36-3)26(38-5)23(17-20)37-4/h16-19,21,24-25H,6-15H2,1-5H3,(H2,30,33)(H,31,34)/t18-,21?,24?,25?/m0/s1. The molecule has 0 aromatic heterocycles. The van der Waals surface area contributed by atoms with Crippen molar-refractivity contribution in [3.8, 4) is 17.2 Å². The molecule has 3 N–H and O–H groups in total. The van der Waals surface area contributed by atoms with E-state index in [0.29, 0.717) is 36.6 Å². The Hall–Kier alpha value is -2.97. The fourth-order valence-corrected chi connectivity index (χ4v) is 5.99. The summed E-state index contributed by atoms with van der Waals surface area (Å²) in [7, 11) is 4.69. The lowest BCUT2D eigenvalue weighted by Crippen LogP contribution is -2.58. The van der Waals surface area contributed by atoms with Gasteiger partial charge in [0.15, 0.2) is 11.5 Å². The predicted molar refractivity (Wildman–Crippen MR) is 145 cm³/mol. The summed E-state index contributed by atoms with van der Waals surface area (Å²) in [5, 5.41) is 2.87. The van der Waals surface area contributed by atoms with Gasteiger partial charge in [0.2, 0.25) is 23.5 Å². The third-order valence-electron chi connectivity index (χ3n) is 8.34. The van der Waals surface area contributed by atoms with Crippen molar-refractivity contribution >= 4 is 17.7 Å². The van der Waals surface area contributed by atoms with E-state index in [1.807, 2.05) is 26.0 Å². The summed E-state index contributed by atoms with van der Waals surface area (Å²) in [5.74, 6) is 0.146. The topological polar surface area (TPSA) is 120 Å². The van der Waals surface area contributed by atoms with Gasteiger partial charge in [0.25, 0.3) is 0 Å². The molecule has 2 fully saturated rings. The van der Waals surface area contributed by atoms with Gasteiger partial charge < -0.3 is 30.2 Å². The Labute approximate surface area is 226 Å². The number of hydrogen-bond donors (Lipinski definition) is 2. The van der Waals surface area contributed by atoms with E-state index >= 15 is 0 Å². The minimum atomic E-state index is -0.768. The number of benzene rings is 1. The monoisotopic (exact) mass is 531 g/mol. The zero-order valence-corrected chi connectivity index (χ0v) is 23.6. The molecule has 0 bridgehead atoms. The molecule has 1 aliphatic carbocycles. The van der Waals surface area contributed by atoms with Crippen molar-refractivity contribution in [2.45, 2.75) is 89.6 Å². The van der Waals surface area contributed by atoms with Crippen molar-refractivity contribution in [2.75, 3.05) is 27.9 Å². The molecule has 0 spiro atoms. The maximum absolute atomic E-state index is 14.4. The van der Waals surface area contributed by atoms with Crippen molar-refractivity contribution in [3.05, 3.63) is 17.7 Å². The first kappa shape index (κ1) is 29.6. The molecule has 212 valence electrons. The van der Waals surface area contributed by atoms with Crippen molar-refractivity contribution in [1.82, 2.24) is 10.2 Å². The Kier molecular flexibility index (Phi) is 10.7. The number of methoxy groups -OCH3 is 3. The van der Waals surface area contributed by atoms with Gasteiger partial charge in [-0.25, -0.2) is 0 Å². The highest BCUT2D eigenvalue weighted by molar-refractivity contribution is 5.93. The minimum absolute atomic E-state index is 0.0646. The van der Waals surface area contributed by atoms with Gasteiger partial charge in [0.1, 0.15) is 12.1 Å². The Morgan fingerprint density at radius 3 is 2.11 bits per heavy atom. The highest BCUT2D eigenvalue weighted by Crippen LogP contribution is 2.45. The van der Waals surface area contributed by atoms with Crippen LogP contribution in [0.1, 0.15) is 83.1 Å². The van der Waals surface area contributed by atoms with Crippen molar-refractivity contribution < 1.29 is 28.6 Å². The van der Waals surface area contributed by atoms with E-state index in [4.69, 9.17) is 19.9 Å². The van der Waals surface area contributed by atoms with Crippen LogP contribution in [0, 0.1) is 11.8 Å². The summed E-state index contributed by atoms with van der Waals surface area (Å²) < 4.78 is 16.7. The molecule has 2 aliphatic rings. The highest BCUT2D eigenvalue weighted by atomic mass is 16.5. The van der Waals surface area contributed by atoms with Crippen LogP contribution in [0.5, 0.6) is 17.2 Å². The molecule has 3 amide bonds. The van der Waals surface area contributed by atoms with Gasteiger partial charge in [-0.2, -0.15) is 0 Å². The first-order valence-electron chi connectivity index (χ1n) is 14.0. The molecule has 1 saturated heterocycles. The maximum atomic E-state index is 14.4. The van der Waals surface area contributed by atoms with Crippen LogP contribution in [-0.4, -0.2) is 62.6 Å². The van der Waals surface area contributed by atoms with E-state index in [-0.39, 0.29) is 23.7 Å². The van der Waals surface area contributed by atoms with Crippen LogP contribution < -0.4 is 25.3 Å². The number of piperidine rings is 1. The highest BCUT2D eigenvalue weighted by Gasteiger charge is 2.41.